The molecule has 0 amide bonds. The van der Waals surface area contributed by atoms with E-state index in [9.17, 15) is 0 Å². The molecule has 96 valence electrons. The van der Waals surface area contributed by atoms with Gasteiger partial charge in [0.1, 0.15) is 0 Å². The molecule has 0 aromatic carbocycles. The lowest BCUT2D eigenvalue weighted by molar-refractivity contribution is 0.195. The highest BCUT2D eigenvalue weighted by molar-refractivity contribution is 6.20. The minimum absolute atomic E-state index is 0.149. The van der Waals surface area contributed by atoms with Crippen LogP contribution in [0.4, 0.5) is 0 Å². The molecule has 0 radical (unpaired) electrons. The Morgan fingerprint density at radius 1 is 1.31 bits per heavy atom. The van der Waals surface area contributed by atoms with Gasteiger partial charge in [-0.2, -0.15) is 0 Å². The number of hydrogen-bond acceptors (Lipinski definition) is 3. The van der Waals surface area contributed by atoms with Gasteiger partial charge < -0.3 is 15.0 Å². The molecule has 1 heterocycles. The first-order chi connectivity index (χ1) is 7.83. The number of nitrogens with one attached hydrogen (secondary N) is 1. The highest BCUT2D eigenvalue weighted by Crippen LogP contribution is 2.06. The number of nitrogens with zero attached hydrogens (tertiary/aromatic N) is 1. The maximum Gasteiger partial charge on any atom is 0.0626 e. The second-order valence-corrected chi connectivity index (χ2v) is 5.11. The van der Waals surface area contributed by atoms with Crippen molar-refractivity contribution >= 4 is 11.6 Å². The topological polar surface area (TPSA) is 24.5 Å². The molecule has 0 aromatic heterocycles. The fraction of sp³-hybridized carbons (Fsp3) is 1.00. The summed E-state index contributed by atoms with van der Waals surface area (Å²) < 4.78 is 4.98. The number of methoxy groups -OCH3 is 1. The molecule has 1 aliphatic heterocycles. The van der Waals surface area contributed by atoms with E-state index < -0.39 is 0 Å². The van der Waals surface area contributed by atoms with Crippen molar-refractivity contribution in [1.29, 1.82) is 0 Å². The first-order valence-electron chi connectivity index (χ1n) is 6.39. The molecule has 0 aromatic rings. The Labute approximate surface area is 104 Å². The molecule has 0 aliphatic carbocycles. The molecule has 1 N–H and O–H groups in total. The van der Waals surface area contributed by atoms with Crippen LogP contribution >= 0.6 is 11.6 Å². The molecule has 1 fully saturated rings. The van der Waals surface area contributed by atoms with Crippen LogP contribution in [0, 0.1) is 0 Å². The molecule has 1 aliphatic rings. The van der Waals surface area contributed by atoms with Gasteiger partial charge in [-0.1, -0.05) is 0 Å². The quantitative estimate of drug-likeness (QED) is 0.497. The zero-order chi connectivity index (χ0) is 11.6. The van der Waals surface area contributed by atoms with Crippen LogP contribution in [0.2, 0.25) is 0 Å². The van der Waals surface area contributed by atoms with Crippen LogP contribution in [0.1, 0.15) is 25.7 Å². The van der Waals surface area contributed by atoms with Crippen LogP contribution in [0.15, 0.2) is 0 Å². The maximum atomic E-state index is 6.02. The molecular formula is C12H25ClN2O. The van der Waals surface area contributed by atoms with E-state index in [1.807, 2.05) is 0 Å². The van der Waals surface area contributed by atoms with Gasteiger partial charge in [-0.15, -0.1) is 11.6 Å². The van der Waals surface area contributed by atoms with Gasteiger partial charge in [0.15, 0.2) is 0 Å². The van der Waals surface area contributed by atoms with Crippen molar-refractivity contribution in [2.24, 2.45) is 0 Å². The summed E-state index contributed by atoms with van der Waals surface area (Å²) in [6.07, 6.45) is 5.01. The second-order valence-electron chi connectivity index (χ2n) is 4.49. The van der Waals surface area contributed by atoms with Gasteiger partial charge in [0, 0.05) is 7.11 Å². The Morgan fingerprint density at radius 3 is 2.75 bits per heavy atom. The van der Waals surface area contributed by atoms with Gasteiger partial charge in [-0.3, -0.25) is 0 Å². The summed E-state index contributed by atoms with van der Waals surface area (Å²) in [5.41, 5.74) is 0. The van der Waals surface area contributed by atoms with E-state index >= 15 is 0 Å². The van der Waals surface area contributed by atoms with E-state index in [1.54, 1.807) is 7.11 Å². The Kier molecular flexibility index (Phi) is 8.21. The van der Waals surface area contributed by atoms with Gasteiger partial charge in [0.25, 0.3) is 0 Å². The average Bonchev–Trinajstić information content (AvgIpc) is 2.76. The van der Waals surface area contributed by atoms with E-state index in [1.165, 1.54) is 38.9 Å². The zero-order valence-corrected chi connectivity index (χ0v) is 11.1. The highest BCUT2D eigenvalue weighted by atomic mass is 35.5. The predicted octanol–water partition coefficient (Wildman–Crippen LogP) is 1.71. The smallest absolute Gasteiger partial charge is 0.0626 e. The molecule has 1 rings (SSSR count). The van der Waals surface area contributed by atoms with E-state index in [-0.39, 0.29) is 5.38 Å². The van der Waals surface area contributed by atoms with Gasteiger partial charge >= 0.3 is 0 Å². The number of rotatable bonds is 9. The highest BCUT2D eigenvalue weighted by Gasteiger charge is 2.09. The number of halogens is 1. The normalized spacial score (nSPS) is 19.1. The van der Waals surface area contributed by atoms with Crippen molar-refractivity contribution in [3.05, 3.63) is 0 Å². The van der Waals surface area contributed by atoms with Crippen molar-refractivity contribution < 1.29 is 4.74 Å². The predicted molar refractivity (Wildman–Crippen MR) is 69.3 cm³/mol. The average molecular weight is 249 g/mol. The Balaban J connectivity index is 1.80. The first-order valence-corrected chi connectivity index (χ1v) is 6.82. The summed E-state index contributed by atoms with van der Waals surface area (Å²) in [5, 5.41) is 3.58. The summed E-state index contributed by atoms with van der Waals surface area (Å²) >= 11 is 6.02. The molecule has 0 spiro atoms. The third kappa shape index (κ3) is 6.69. The summed E-state index contributed by atoms with van der Waals surface area (Å²) in [6.45, 7) is 6.60. The monoisotopic (exact) mass is 248 g/mol. The lowest BCUT2D eigenvalue weighted by Gasteiger charge is -2.14. The zero-order valence-electron chi connectivity index (χ0n) is 10.4. The van der Waals surface area contributed by atoms with Gasteiger partial charge in [-0.05, 0) is 58.4 Å². The standard InChI is InChI=1S/C12H25ClN2O/c1-16-11-12(13)5-7-14-6-4-10-15-8-2-3-9-15/h12,14H,2-11H2,1H3. The third-order valence-corrected chi connectivity index (χ3v) is 3.35. The maximum absolute atomic E-state index is 6.02. The minimum atomic E-state index is 0.149. The van der Waals surface area contributed by atoms with Crippen molar-refractivity contribution in [2.75, 3.05) is 46.4 Å². The third-order valence-electron chi connectivity index (χ3n) is 3.01. The van der Waals surface area contributed by atoms with E-state index in [0.29, 0.717) is 6.61 Å². The van der Waals surface area contributed by atoms with Crippen molar-refractivity contribution in [2.45, 2.75) is 31.1 Å². The Hall–Kier alpha value is 0.170. The number of hydrogen-bond donors (Lipinski definition) is 1. The van der Waals surface area contributed by atoms with E-state index in [0.717, 1.165) is 19.5 Å². The van der Waals surface area contributed by atoms with Crippen molar-refractivity contribution in [3.8, 4) is 0 Å². The molecule has 1 atom stereocenters. The lowest BCUT2D eigenvalue weighted by atomic mass is 10.3. The summed E-state index contributed by atoms with van der Waals surface area (Å²) in [6, 6.07) is 0. The largest absolute Gasteiger partial charge is 0.383 e. The molecule has 4 heteroatoms. The molecule has 0 saturated carbocycles. The number of likely N-dealkylation sites (tertiary alicyclic amines) is 1. The van der Waals surface area contributed by atoms with Crippen LogP contribution in [0.25, 0.3) is 0 Å². The minimum Gasteiger partial charge on any atom is -0.383 e. The second kappa shape index (κ2) is 9.23. The van der Waals surface area contributed by atoms with Crippen LogP contribution < -0.4 is 5.32 Å². The summed E-state index contributed by atoms with van der Waals surface area (Å²) in [7, 11) is 1.69. The van der Waals surface area contributed by atoms with Crippen LogP contribution in [0.5, 0.6) is 0 Å². The lowest BCUT2D eigenvalue weighted by Crippen LogP contribution is -2.26. The Bertz CT molecular complexity index is 163. The van der Waals surface area contributed by atoms with Gasteiger partial charge in [0.2, 0.25) is 0 Å². The summed E-state index contributed by atoms with van der Waals surface area (Å²) in [4.78, 5) is 2.55. The number of alkyl halides is 1. The fourth-order valence-corrected chi connectivity index (χ4v) is 2.32. The number of ether oxygens (including phenoxy) is 1. The molecule has 3 nitrogen and oxygen atoms in total. The Morgan fingerprint density at radius 2 is 2.06 bits per heavy atom. The fourth-order valence-electron chi connectivity index (χ4n) is 2.08. The first kappa shape index (κ1) is 14.2. The molecule has 1 unspecified atom stereocenters. The summed E-state index contributed by atoms with van der Waals surface area (Å²) in [5.74, 6) is 0. The van der Waals surface area contributed by atoms with Gasteiger partial charge in [-0.25, -0.2) is 0 Å². The van der Waals surface area contributed by atoms with E-state index in [2.05, 4.69) is 10.2 Å². The van der Waals surface area contributed by atoms with Crippen LogP contribution in [-0.4, -0.2) is 56.7 Å². The van der Waals surface area contributed by atoms with Gasteiger partial charge in [0.05, 0.1) is 12.0 Å². The van der Waals surface area contributed by atoms with Crippen LogP contribution in [-0.2, 0) is 4.74 Å². The molecule has 0 bridgehead atoms. The molecule has 16 heavy (non-hydrogen) atoms. The molecular weight excluding hydrogens is 224 g/mol. The van der Waals surface area contributed by atoms with Crippen LogP contribution in [0.3, 0.4) is 0 Å². The SMILES string of the molecule is COCC(Cl)CCNCCCN1CCCC1. The van der Waals surface area contributed by atoms with Crippen molar-refractivity contribution in [3.63, 3.8) is 0 Å². The molecule has 1 saturated heterocycles. The van der Waals surface area contributed by atoms with E-state index in [4.69, 9.17) is 16.3 Å². The van der Waals surface area contributed by atoms with Crippen molar-refractivity contribution in [1.82, 2.24) is 10.2 Å².